The molecule has 2 aromatic carbocycles. The predicted octanol–water partition coefficient (Wildman–Crippen LogP) is 4.12. The van der Waals surface area contributed by atoms with Gasteiger partial charge in [0.2, 0.25) is 5.88 Å². The van der Waals surface area contributed by atoms with E-state index < -0.39 is 11.8 Å². The first kappa shape index (κ1) is 26.8. The number of nitrogens with zero attached hydrogens (tertiary/aromatic N) is 3. The van der Waals surface area contributed by atoms with E-state index >= 15 is 0 Å². The van der Waals surface area contributed by atoms with Crippen LogP contribution in [-0.2, 0) is 6.42 Å². The third-order valence-electron chi connectivity index (χ3n) is 6.76. The van der Waals surface area contributed by atoms with Gasteiger partial charge in [-0.25, -0.2) is 4.98 Å². The van der Waals surface area contributed by atoms with Gasteiger partial charge in [-0.1, -0.05) is 37.6 Å². The summed E-state index contributed by atoms with van der Waals surface area (Å²) in [6, 6.07) is 14.2. The van der Waals surface area contributed by atoms with E-state index in [1.54, 1.807) is 35.2 Å². The molecular weight excluding hydrogens is 486 g/mol. The minimum absolute atomic E-state index is 0.101. The summed E-state index contributed by atoms with van der Waals surface area (Å²) in [6.45, 7) is 3.19. The average molecular weight is 520 g/mol. The van der Waals surface area contributed by atoms with Crippen LogP contribution in [0.3, 0.4) is 0 Å². The van der Waals surface area contributed by atoms with E-state index in [2.05, 4.69) is 4.98 Å². The number of aryl methyl sites for hydroxylation is 1. The lowest BCUT2D eigenvalue weighted by atomic mass is 9.95. The van der Waals surface area contributed by atoms with E-state index in [1.807, 2.05) is 25.1 Å². The molecule has 200 valence electrons. The Morgan fingerprint density at radius 3 is 1.97 bits per heavy atom. The van der Waals surface area contributed by atoms with E-state index in [0.29, 0.717) is 53.4 Å². The Labute approximate surface area is 222 Å². The maximum atomic E-state index is 13.6. The first-order valence-corrected chi connectivity index (χ1v) is 12.7. The second-order valence-electron chi connectivity index (χ2n) is 9.07. The molecule has 0 saturated carbocycles. The number of aromatic nitrogens is 1. The van der Waals surface area contributed by atoms with E-state index in [-0.39, 0.29) is 30.3 Å². The number of pyridine rings is 1. The molecule has 0 bridgehead atoms. The van der Waals surface area contributed by atoms with E-state index in [0.717, 1.165) is 12.8 Å². The number of amides is 2. The van der Waals surface area contributed by atoms with Gasteiger partial charge in [0.05, 0.1) is 31.0 Å². The maximum absolute atomic E-state index is 13.6. The van der Waals surface area contributed by atoms with Gasteiger partial charge < -0.3 is 29.5 Å². The van der Waals surface area contributed by atoms with Crippen LogP contribution in [0.4, 0.5) is 0 Å². The molecule has 1 aliphatic heterocycles. The molecule has 4 rings (SSSR count). The molecule has 38 heavy (non-hydrogen) atoms. The Morgan fingerprint density at radius 2 is 1.42 bits per heavy atom. The second kappa shape index (κ2) is 11.9. The number of hydrogen-bond donors (Lipinski definition) is 2. The Hall–Kier alpha value is -4.27. The monoisotopic (exact) mass is 519 g/mol. The van der Waals surface area contributed by atoms with Crippen LogP contribution in [0.5, 0.6) is 23.1 Å². The third kappa shape index (κ3) is 5.22. The molecule has 3 aromatic rings. The lowest BCUT2D eigenvalue weighted by Crippen LogP contribution is -2.50. The Morgan fingerprint density at radius 1 is 0.842 bits per heavy atom. The van der Waals surface area contributed by atoms with Crippen molar-refractivity contribution in [2.45, 2.75) is 26.2 Å². The Kier molecular flexibility index (Phi) is 8.35. The van der Waals surface area contributed by atoms with Crippen molar-refractivity contribution in [1.82, 2.24) is 14.8 Å². The first-order valence-electron chi connectivity index (χ1n) is 12.7. The van der Waals surface area contributed by atoms with Crippen molar-refractivity contribution in [3.8, 4) is 34.3 Å². The van der Waals surface area contributed by atoms with Crippen LogP contribution in [0.2, 0.25) is 0 Å². The quantitative estimate of drug-likeness (QED) is 0.460. The fraction of sp³-hybridized carbons (Fsp3) is 0.345. The average Bonchev–Trinajstić information content (AvgIpc) is 2.95. The summed E-state index contributed by atoms with van der Waals surface area (Å²) in [4.78, 5) is 34.0. The summed E-state index contributed by atoms with van der Waals surface area (Å²) in [6.07, 6.45) is 2.11. The molecular formula is C29H33N3O6. The van der Waals surface area contributed by atoms with Crippen molar-refractivity contribution < 1.29 is 29.3 Å². The molecule has 0 atom stereocenters. The van der Waals surface area contributed by atoms with Crippen LogP contribution in [0.1, 0.15) is 46.2 Å². The van der Waals surface area contributed by atoms with Gasteiger partial charge in [-0.05, 0) is 37.1 Å². The van der Waals surface area contributed by atoms with Crippen molar-refractivity contribution in [1.29, 1.82) is 0 Å². The number of methoxy groups -OCH3 is 2. The lowest BCUT2D eigenvalue weighted by Gasteiger charge is -2.35. The number of rotatable bonds is 8. The van der Waals surface area contributed by atoms with Gasteiger partial charge in [0.1, 0.15) is 22.8 Å². The number of ether oxygens (including phenoxy) is 2. The fourth-order valence-electron chi connectivity index (χ4n) is 4.72. The van der Waals surface area contributed by atoms with Gasteiger partial charge in [0.25, 0.3) is 11.8 Å². The number of hydrogen-bond acceptors (Lipinski definition) is 7. The SMILES string of the molecule is CCCCc1nc(O)c(C(=O)N2CCN(C(=O)c3ccccc3)CC2)c(O)c1-c1c(OC)cccc1OC. The summed E-state index contributed by atoms with van der Waals surface area (Å²) < 4.78 is 11.1. The number of unbranched alkanes of at least 4 members (excludes halogenated alkanes) is 1. The highest BCUT2D eigenvalue weighted by molar-refractivity contribution is 6.02. The Bertz CT molecular complexity index is 1280. The fourth-order valence-corrected chi connectivity index (χ4v) is 4.72. The van der Waals surface area contributed by atoms with E-state index in [9.17, 15) is 19.8 Å². The highest BCUT2D eigenvalue weighted by atomic mass is 16.5. The molecule has 1 fully saturated rings. The molecule has 0 radical (unpaired) electrons. The van der Waals surface area contributed by atoms with Crippen LogP contribution >= 0.6 is 0 Å². The summed E-state index contributed by atoms with van der Waals surface area (Å²) in [5.41, 5.74) is 1.51. The molecule has 0 unspecified atom stereocenters. The largest absolute Gasteiger partial charge is 0.506 e. The molecule has 1 aromatic heterocycles. The van der Waals surface area contributed by atoms with Crippen molar-refractivity contribution in [3.63, 3.8) is 0 Å². The van der Waals surface area contributed by atoms with Crippen LogP contribution in [0.25, 0.3) is 11.1 Å². The Balaban J connectivity index is 1.68. The summed E-state index contributed by atoms with van der Waals surface area (Å²) in [7, 11) is 3.02. The molecule has 9 heteroatoms. The smallest absolute Gasteiger partial charge is 0.263 e. The zero-order valence-electron chi connectivity index (χ0n) is 21.9. The van der Waals surface area contributed by atoms with Crippen LogP contribution in [0.15, 0.2) is 48.5 Å². The summed E-state index contributed by atoms with van der Waals surface area (Å²) in [5.74, 6) is -0.682. The minimum atomic E-state index is -0.559. The number of carbonyl (C=O) groups excluding carboxylic acids is 2. The number of aromatic hydroxyl groups is 2. The van der Waals surface area contributed by atoms with E-state index in [4.69, 9.17) is 9.47 Å². The standard InChI is InChI=1S/C29H33N3O6/c1-4-5-12-20-23(24-21(37-2)13-9-14-22(24)38-3)26(33)25(27(34)30-20)29(36)32-17-15-31(16-18-32)28(35)19-10-7-6-8-11-19/h6-11,13-14H,4-5,12,15-18H2,1-3H3,(H2,30,33,34). The van der Waals surface area contributed by atoms with Gasteiger partial charge in [0.15, 0.2) is 0 Å². The van der Waals surface area contributed by atoms with E-state index in [1.165, 1.54) is 19.1 Å². The van der Waals surface area contributed by atoms with Crippen LogP contribution in [0, 0.1) is 0 Å². The molecule has 2 N–H and O–H groups in total. The second-order valence-corrected chi connectivity index (χ2v) is 9.07. The number of carbonyl (C=O) groups is 2. The van der Waals surface area contributed by atoms with Gasteiger partial charge >= 0.3 is 0 Å². The number of piperazine rings is 1. The molecule has 2 heterocycles. The van der Waals surface area contributed by atoms with Crippen LogP contribution < -0.4 is 9.47 Å². The van der Waals surface area contributed by atoms with Crippen LogP contribution in [-0.4, -0.2) is 77.2 Å². The van der Waals surface area contributed by atoms with Gasteiger partial charge in [-0.2, -0.15) is 0 Å². The first-order chi connectivity index (χ1) is 18.4. The van der Waals surface area contributed by atoms with Gasteiger partial charge in [-0.3, -0.25) is 9.59 Å². The summed E-state index contributed by atoms with van der Waals surface area (Å²) in [5, 5.41) is 22.4. The third-order valence-corrected chi connectivity index (χ3v) is 6.76. The molecule has 0 spiro atoms. The number of benzene rings is 2. The van der Waals surface area contributed by atoms with Crippen molar-refractivity contribution in [2.75, 3.05) is 40.4 Å². The maximum Gasteiger partial charge on any atom is 0.263 e. The molecule has 2 amide bonds. The molecule has 0 aliphatic carbocycles. The van der Waals surface area contributed by atoms with Gasteiger partial charge in [-0.15, -0.1) is 0 Å². The predicted molar refractivity (Wildman–Crippen MR) is 143 cm³/mol. The lowest BCUT2D eigenvalue weighted by molar-refractivity contribution is 0.0531. The topological polar surface area (TPSA) is 112 Å². The zero-order chi connectivity index (χ0) is 27.2. The summed E-state index contributed by atoms with van der Waals surface area (Å²) >= 11 is 0. The van der Waals surface area contributed by atoms with Crippen molar-refractivity contribution in [3.05, 3.63) is 65.4 Å². The van der Waals surface area contributed by atoms with Crippen molar-refractivity contribution >= 4 is 11.8 Å². The van der Waals surface area contributed by atoms with Crippen molar-refractivity contribution in [2.24, 2.45) is 0 Å². The molecule has 9 nitrogen and oxygen atoms in total. The molecule has 1 aliphatic rings. The normalized spacial score (nSPS) is 13.3. The highest BCUT2D eigenvalue weighted by Gasteiger charge is 2.33. The minimum Gasteiger partial charge on any atom is -0.506 e. The zero-order valence-corrected chi connectivity index (χ0v) is 21.9. The molecule has 1 saturated heterocycles. The van der Waals surface area contributed by atoms with Gasteiger partial charge in [0, 0.05) is 31.7 Å². The highest BCUT2D eigenvalue weighted by Crippen LogP contribution is 2.47.